The first-order valence-electron chi connectivity index (χ1n) is 6.47. The molecule has 0 aliphatic carbocycles. The number of amides is 2. The second kappa shape index (κ2) is 8.15. The van der Waals surface area contributed by atoms with E-state index < -0.39 is 24.4 Å². The van der Waals surface area contributed by atoms with E-state index in [1.165, 1.54) is 14.0 Å². The van der Waals surface area contributed by atoms with E-state index in [1.807, 2.05) is 0 Å². The first-order chi connectivity index (χ1) is 9.45. The molecule has 0 saturated carbocycles. The summed E-state index contributed by atoms with van der Waals surface area (Å²) in [4.78, 5) is 22.4. The van der Waals surface area contributed by atoms with Crippen LogP contribution in [0.4, 0.5) is 0 Å². The lowest BCUT2D eigenvalue weighted by molar-refractivity contribution is -0.125. The van der Waals surface area contributed by atoms with Crippen molar-refractivity contribution in [1.82, 2.24) is 10.6 Å². The topological polar surface area (TPSA) is 117 Å². The molecule has 116 valence electrons. The summed E-state index contributed by atoms with van der Waals surface area (Å²) in [6.45, 7) is 2.21. The molecule has 1 rings (SSSR count). The number of aliphatic hydroxyl groups is 2. The van der Waals surface area contributed by atoms with Gasteiger partial charge in [-0.05, 0) is 0 Å². The molecule has 1 saturated heterocycles. The summed E-state index contributed by atoms with van der Waals surface area (Å²) in [7, 11) is 1.53. The highest BCUT2D eigenvalue weighted by atomic mass is 16.5. The molecule has 1 fully saturated rings. The minimum atomic E-state index is -1.15. The summed E-state index contributed by atoms with van der Waals surface area (Å²) in [5.74, 6) is -0.547. The van der Waals surface area contributed by atoms with Crippen LogP contribution in [0, 0.1) is 0 Å². The third-order valence-corrected chi connectivity index (χ3v) is 3.03. The molecular formula is C12H22N2O6. The van der Waals surface area contributed by atoms with Crippen molar-refractivity contribution in [3.05, 3.63) is 0 Å². The van der Waals surface area contributed by atoms with Crippen molar-refractivity contribution in [2.45, 2.75) is 37.8 Å². The van der Waals surface area contributed by atoms with E-state index in [9.17, 15) is 19.8 Å². The smallest absolute Gasteiger partial charge is 0.222 e. The van der Waals surface area contributed by atoms with E-state index >= 15 is 0 Å². The van der Waals surface area contributed by atoms with Crippen molar-refractivity contribution < 1.29 is 29.3 Å². The van der Waals surface area contributed by atoms with E-state index in [-0.39, 0.29) is 24.8 Å². The van der Waals surface area contributed by atoms with Gasteiger partial charge in [0.05, 0.1) is 19.1 Å². The number of hydrogen-bond donors (Lipinski definition) is 4. The number of carbonyl (C=O) groups is 2. The Morgan fingerprint density at radius 3 is 2.45 bits per heavy atom. The fourth-order valence-corrected chi connectivity index (χ4v) is 1.95. The molecule has 1 heterocycles. The molecule has 0 aromatic carbocycles. The minimum absolute atomic E-state index is 0.0570. The summed E-state index contributed by atoms with van der Waals surface area (Å²) in [6, 6.07) is 0. The number of carbonyl (C=O) groups excluding carboxylic acids is 2. The zero-order valence-electron chi connectivity index (χ0n) is 11.7. The van der Waals surface area contributed by atoms with Crippen molar-refractivity contribution in [1.29, 1.82) is 0 Å². The van der Waals surface area contributed by atoms with Gasteiger partial charge in [-0.1, -0.05) is 0 Å². The van der Waals surface area contributed by atoms with E-state index in [4.69, 9.17) is 9.47 Å². The summed E-state index contributed by atoms with van der Waals surface area (Å²) in [6.07, 6.45) is -3.84. The zero-order valence-corrected chi connectivity index (χ0v) is 11.7. The fourth-order valence-electron chi connectivity index (χ4n) is 1.95. The third kappa shape index (κ3) is 5.04. The van der Waals surface area contributed by atoms with Crippen molar-refractivity contribution >= 4 is 11.8 Å². The highest BCUT2D eigenvalue weighted by Crippen LogP contribution is 2.23. The van der Waals surface area contributed by atoms with E-state index in [2.05, 4.69) is 10.6 Å². The van der Waals surface area contributed by atoms with E-state index in [0.29, 0.717) is 13.2 Å². The quantitative estimate of drug-likeness (QED) is 0.394. The molecule has 4 unspecified atom stereocenters. The number of aliphatic hydroxyl groups excluding tert-OH is 2. The lowest BCUT2D eigenvalue weighted by Gasteiger charge is -2.14. The van der Waals surface area contributed by atoms with Crippen LogP contribution in [0.15, 0.2) is 0 Å². The Balaban J connectivity index is 2.39. The second-order valence-electron chi connectivity index (χ2n) is 4.68. The average Bonchev–Trinajstić information content (AvgIpc) is 2.65. The van der Waals surface area contributed by atoms with Gasteiger partial charge in [-0.2, -0.15) is 0 Å². The minimum Gasteiger partial charge on any atom is -0.388 e. The van der Waals surface area contributed by atoms with Crippen LogP contribution in [0.5, 0.6) is 0 Å². The first-order valence-corrected chi connectivity index (χ1v) is 6.47. The van der Waals surface area contributed by atoms with Crippen molar-refractivity contribution in [2.75, 3.05) is 26.8 Å². The molecule has 0 bridgehead atoms. The number of ether oxygens (including phenoxy) is 2. The lowest BCUT2D eigenvalue weighted by atomic mass is 10.1. The first kappa shape index (κ1) is 16.8. The molecule has 0 aromatic rings. The van der Waals surface area contributed by atoms with Crippen LogP contribution in [0.25, 0.3) is 0 Å². The molecule has 1 aliphatic heterocycles. The van der Waals surface area contributed by atoms with Crippen LogP contribution >= 0.6 is 0 Å². The largest absolute Gasteiger partial charge is 0.388 e. The van der Waals surface area contributed by atoms with Gasteiger partial charge in [-0.15, -0.1) is 0 Å². The van der Waals surface area contributed by atoms with Crippen LogP contribution in [-0.4, -0.2) is 73.2 Å². The Morgan fingerprint density at radius 2 is 1.85 bits per heavy atom. The average molecular weight is 290 g/mol. The van der Waals surface area contributed by atoms with Gasteiger partial charge in [0, 0.05) is 27.1 Å². The van der Waals surface area contributed by atoms with Crippen molar-refractivity contribution in [2.24, 2.45) is 0 Å². The molecule has 0 spiro atoms. The van der Waals surface area contributed by atoms with Gasteiger partial charge in [0.1, 0.15) is 18.3 Å². The molecule has 8 nitrogen and oxygen atoms in total. The van der Waals surface area contributed by atoms with Gasteiger partial charge in [0.25, 0.3) is 0 Å². The predicted molar refractivity (Wildman–Crippen MR) is 68.9 cm³/mol. The molecule has 2 amide bonds. The van der Waals surface area contributed by atoms with Crippen LogP contribution < -0.4 is 10.6 Å². The maximum atomic E-state index is 11.6. The third-order valence-electron chi connectivity index (χ3n) is 3.03. The summed E-state index contributed by atoms with van der Waals surface area (Å²) >= 11 is 0. The Labute approximate surface area is 117 Å². The zero-order chi connectivity index (χ0) is 15.1. The number of nitrogens with one attached hydrogen (secondary N) is 2. The predicted octanol–water partition coefficient (Wildman–Crippen LogP) is -2.24. The highest BCUT2D eigenvalue weighted by molar-refractivity contribution is 5.76. The lowest BCUT2D eigenvalue weighted by Crippen LogP contribution is -2.39. The van der Waals surface area contributed by atoms with Gasteiger partial charge >= 0.3 is 0 Å². The molecule has 8 heteroatoms. The van der Waals surface area contributed by atoms with Gasteiger partial charge < -0.3 is 30.3 Å². The second-order valence-corrected chi connectivity index (χ2v) is 4.68. The summed E-state index contributed by atoms with van der Waals surface area (Å²) in [5, 5.41) is 24.7. The standard InChI is InChI=1S/C12H22N2O6/c1-7(15)14-6-9-12(18)11(17)8(20-9)5-10(16)13-3-4-19-2/h8-9,11-12,17-18H,3-6H2,1-2H3,(H,13,16)(H,14,15). The number of hydrogen-bond acceptors (Lipinski definition) is 6. The maximum absolute atomic E-state index is 11.6. The Hall–Kier alpha value is -1.22. The van der Waals surface area contributed by atoms with Crippen LogP contribution in [0.2, 0.25) is 0 Å². The molecule has 4 atom stereocenters. The van der Waals surface area contributed by atoms with Crippen LogP contribution in [0.1, 0.15) is 13.3 Å². The van der Waals surface area contributed by atoms with Gasteiger partial charge in [0.15, 0.2) is 0 Å². The van der Waals surface area contributed by atoms with Gasteiger partial charge in [-0.3, -0.25) is 9.59 Å². The fraction of sp³-hybridized carbons (Fsp3) is 0.833. The molecule has 20 heavy (non-hydrogen) atoms. The van der Waals surface area contributed by atoms with Crippen LogP contribution in [-0.2, 0) is 19.1 Å². The Kier molecular flexibility index (Phi) is 6.86. The summed E-state index contributed by atoms with van der Waals surface area (Å²) in [5.41, 5.74) is 0. The Morgan fingerprint density at radius 1 is 1.20 bits per heavy atom. The SMILES string of the molecule is COCCNC(=O)CC1OC(CNC(C)=O)C(O)C1O. The van der Waals surface area contributed by atoms with Gasteiger partial charge in [-0.25, -0.2) is 0 Å². The molecular weight excluding hydrogens is 268 g/mol. The van der Waals surface area contributed by atoms with E-state index in [1.54, 1.807) is 0 Å². The van der Waals surface area contributed by atoms with E-state index in [0.717, 1.165) is 0 Å². The van der Waals surface area contributed by atoms with Crippen molar-refractivity contribution in [3.63, 3.8) is 0 Å². The molecule has 4 N–H and O–H groups in total. The summed E-state index contributed by atoms with van der Waals surface area (Å²) < 4.78 is 10.2. The molecule has 0 aromatic heterocycles. The molecule has 0 radical (unpaired) electrons. The number of rotatable bonds is 7. The number of methoxy groups -OCH3 is 1. The monoisotopic (exact) mass is 290 g/mol. The normalized spacial score (nSPS) is 29.2. The maximum Gasteiger partial charge on any atom is 0.222 e. The molecule has 1 aliphatic rings. The van der Waals surface area contributed by atoms with Crippen molar-refractivity contribution in [3.8, 4) is 0 Å². The van der Waals surface area contributed by atoms with Gasteiger partial charge in [0.2, 0.25) is 11.8 Å². The highest BCUT2D eigenvalue weighted by Gasteiger charge is 2.43. The van der Waals surface area contributed by atoms with Crippen LogP contribution in [0.3, 0.4) is 0 Å². The Bertz CT molecular complexity index is 338.